The van der Waals surface area contributed by atoms with Crippen molar-refractivity contribution in [1.82, 2.24) is 20.4 Å². The maximum absolute atomic E-state index is 13.0. The van der Waals surface area contributed by atoms with Crippen LogP contribution in [0.2, 0.25) is 0 Å². The summed E-state index contributed by atoms with van der Waals surface area (Å²) in [5.74, 6) is -0.910. The Morgan fingerprint density at radius 3 is 2.53 bits per heavy atom. The van der Waals surface area contributed by atoms with Crippen LogP contribution in [0.15, 0.2) is 54.6 Å². The van der Waals surface area contributed by atoms with E-state index in [0.29, 0.717) is 32.5 Å². The van der Waals surface area contributed by atoms with Crippen molar-refractivity contribution in [3.05, 3.63) is 71.3 Å². The summed E-state index contributed by atoms with van der Waals surface area (Å²) in [6, 6.07) is 16.6. The van der Waals surface area contributed by atoms with Gasteiger partial charge in [-0.3, -0.25) is 19.4 Å². The Balaban J connectivity index is 1.33. The topological polar surface area (TPSA) is 102 Å². The molecule has 0 radical (unpaired) electrons. The van der Waals surface area contributed by atoms with Crippen LogP contribution in [0.3, 0.4) is 0 Å². The van der Waals surface area contributed by atoms with Crippen LogP contribution in [0.4, 0.5) is 0 Å². The van der Waals surface area contributed by atoms with Gasteiger partial charge in [0.1, 0.15) is 6.04 Å². The molecule has 4 rings (SSSR count). The van der Waals surface area contributed by atoms with Gasteiger partial charge in [0.15, 0.2) is 0 Å². The van der Waals surface area contributed by atoms with Gasteiger partial charge in [0, 0.05) is 44.7 Å². The van der Waals surface area contributed by atoms with Crippen molar-refractivity contribution in [2.75, 3.05) is 20.1 Å². The van der Waals surface area contributed by atoms with Gasteiger partial charge >= 0.3 is 5.97 Å². The highest BCUT2D eigenvalue weighted by molar-refractivity contribution is 5.87. The van der Waals surface area contributed by atoms with E-state index in [1.54, 1.807) is 12.1 Å². The van der Waals surface area contributed by atoms with Crippen LogP contribution in [0.5, 0.6) is 0 Å². The molecule has 2 aromatic rings. The Morgan fingerprint density at radius 1 is 1.09 bits per heavy atom. The van der Waals surface area contributed by atoms with Crippen LogP contribution in [0.25, 0.3) is 0 Å². The zero-order valence-corrected chi connectivity index (χ0v) is 19.4. The largest absolute Gasteiger partial charge is 0.478 e. The first-order valence-electron chi connectivity index (χ1n) is 11.8. The first kappa shape index (κ1) is 23.9. The van der Waals surface area contributed by atoms with Crippen molar-refractivity contribution in [3.63, 3.8) is 0 Å². The molecule has 8 heteroatoms. The van der Waals surface area contributed by atoms with E-state index in [2.05, 4.69) is 27.5 Å². The Bertz CT molecular complexity index is 1010. The molecule has 3 atom stereocenters. The quantitative estimate of drug-likeness (QED) is 0.551. The van der Waals surface area contributed by atoms with E-state index in [1.807, 2.05) is 42.5 Å². The number of likely N-dealkylation sites (N-methyl/N-ethyl adjacent to an activating group) is 1. The lowest BCUT2D eigenvalue weighted by atomic mass is 10.0. The van der Waals surface area contributed by atoms with Crippen molar-refractivity contribution < 1.29 is 19.5 Å². The number of nitrogens with zero attached hydrogens (tertiary/aromatic N) is 2. The molecule has 2 aromatic carbocycles. The van der Waals surface area contributed by atoms with Crippen LogP contribution < -0.4 is 10.6 Å². The van der Waals surface area contributed by atoms with Crippen molar-refractivity contribution >= 4 is 17.8 Å². The average molecular weight is 465 g/mol. The number of carboxylic acid groups (broad SMARTS) is 1. The van der Waals surface area contributed by atoms with Gasteiger partial charge < -0.3 is 15.7 Å². The van der Waals surface area contributed by atoms with Crippen LogP contribution in [0, 0.1) is 0 Å². The van der Waals surface area contributed by atoms with Gasteiger partial charge in [-0.2, -0.15) is 0 Å². The second kappa shape index (κ2) is 10.8. The Morgan fingerprint density at radius 2 is 1.82 bits per heavy atom. The number of likely N-dealkylation sites (tertiary alicyclic amines) is 1. The number of fused-ring (bicyclic) bond motifs is 1. The first-order chi connectivity index (χ1) is 16.4. The highest BCUT2D eigenvalue weighted by Gasteiger charge is 2.44. The third kappa shape index (κ3) is 5.63. The molecule has 2 heterocycles. The fourth-order valence-corrected chi connectivity index (χ4v) is 5.00. The normalized spacial score (nSPS) is 23.1. The molecule has 2 amide bonds. The molecule has 0 spiro atoms. The third-order valence-electron chi connectivity index (χ3n) is 6.97. The van der Waals surface area contributed by atoms with Gasteiger partial charge in [-0.15, -0.1) is 0 Å². The van der Waals surface area contributed by atoms with Crippen molar-refractivity contribution in [3.8, 4) is 0 Å². The van der Waals surface area contributed by atoms with E-state index in [-0.39, 0.29) is 35.5 Å². The molecule has 180 valence electrons. The van der Waals surface area contributed by atoms with Crippen LogP contribution in [-0.2, 0) is 22.7 Å². The van der Waals surface area contributed by atoms with E-state index in [0.717, 1.165) is 24.1 Å². The first-order valence-corrected chi connectivity index (χ1v) is 11.8. The Hall–Kier alpha value is -3.23. The minimum absolute atomic E-state index is 0.0160. The fourth-order valence-electron chi connectivity index (χ4n) is 5.00. The van der Waals surface area contributed by atoms with Crippen LogP contribution in [0.1, 0.15) is 40.7 Å². The molecule has 34 heavy (non-hydrogen) atoms. The molecule has 0 aromatic heterocycles. The van der Waals surface area contributed by atoms with Gasteiger partial charge in [0.05, 0.1) is 5.56 Å². The second-order valence-electron chi connectivity index (χ2n) is 9.14. The minimum Gasteiger partial charge on any atom is -0.478 e. The predicted octanol–water partition coefficient (Wildman–Crippen LogP) is 1.85. The summed E-state index contributed by atoms with van der Waals surface area (Å²) >= 11 is 0. The van der Waals surface area contributed by atoms with Crippen molar-refractivity contribution in [1.29, 1.82) is 0 Å². The van der Waals surface area contributed by atoms with Gasteiger partial charge in [-0.25, -0.2) is 4.79 Å². The highest BCUT2D eigenvalue weighted by atomic mass is 16.4. The van der Waals surface area contributed by atoms with Crippen molar-refractivity contribution in [2.45, 2.75) is 50.5 Å². The van der Waals surface area contributed by atoms with Gasteiger partial charge in [0.2, 0.25) is 11.8 Å². The van der Waals surface area contributed by atoms with Crippen molar-refractivity contribution in [2.24, 2.45) is 0 Å². The lowest BCUT2D eigenvalue weighted by molar-refractivity contribution is -0.126. The average Bonchev–Trinajstić information content (AvgIpc) is 3.21. The lowest BCUT2D eigenvalue weighted by Crippen LogP contribution is -2.49. The van der Waals surface area contributed by atoms with Crippen LogP contribution in [-0.4, -0.2) is 71.0 Å². The van der Waals surface area contributed by atoms with Gasteiger partial charge in [0.25, 0.3) is 0 Å². The maximum Gasteiger partial charge on any atom is 0.335 e. The molecule has 3 unspecified atom stereocenters. The maximum atomic E-state index is 13.0. The lowest BCUT2D eigenvalue weighted by Gasteiger charge is -2.33. The molecule has 0 saturated carbocycles. The van der Waals surface area contributed by atoms with E-state index in [1.165, 1.54) is 0 Å². The molecule has 0 aliphatic carbocycles. The summed E-state index contributed by atoms with van der Waals surface area (Å²) in [5.41, 5.74) is 2.31. The van der Waals surface area contributed by atoms with E-state index >= 15 is 0 Å². The molecule has 0 bridgehead atoms. The SMILES string of the molecule is CN1C(CCC(=O)NCc2ccccc2)CNC(=O)C2C1CCN2Cc1ccc(C(=O)O)cc1. The minimum atomic E-state index is -0.947. The number of rotatable bonds is 8. The molecular weight excluding hydrogens is 432 g/mol. The monoisotopic (exact) mass is 464 g/mol. The second-order valence-corrected chi connectivity index (χ2v) is 9.14. The summed E-state index contributed by atoms with van der Waals surface area (Å²) in [5, 5.41) is 15.2. The molecule has 2 aliphatic rings. The number of aromatic carboxylic acids is 1. The molecule has 2 saturated heterocycles. The number of nitrogens with one attached hydrogen (secondary N) is 2. The number of carboxylic acids is 1. The molecule has 2 aliphatic heterocycles. The molecule has 8 nitrogen and oxygen atoms in total. The van der Waals surface area contributed by atoms with Gasteiger partial charge in [-0.1, -0.05) is 42.5 Å². The highest BCUT2D eigenvalue weighted by Crippen LogP contribution is 2.28. The zero-order chi connectivity index (χ0) is 24.1. The summed E-state index contributed by atoms with van der Waals surface area (Å²) in [7, 11) is 2.05. The van der Waals surface area contributed by atoms with E-state index in [4.69, 9.17) is 5.11 Å². The summed E-state index contributed by atoms with van der Waals surface area (Å²) < 4.78 is 0. The zero-order valence-electron chi connectivity index (χ0n) is 19.4. The fraction of sp³-hybridized carbons (Fsp3) is 0.423. The number of hydrogen-bond acceptors (Lipinski definition) is 5. The van der Waals surface area contributed by atoms with Crippen LogP contribution >= 0.6 is 0 Å². The molecule has 2 fully saturated rings. The van der Waals surface area contributed by atoms with E-state index < -0.39 is 5.97 Å². The number of amides is 2. The van der Waals surface area contributed by atoms with Gasteiger partial charge in [-0.05, 0) is 43.1 Å². The molecule has 3 N–H and O–H groups in total. The number of carbonyl (C=O) groups is 3. The Labute approximate surface area is 199 Å². The number of hydrogen-bond donors (Lipinski definition) is 3. The Kier molecular flexibility index (Phi) is 7.59. The number of carbonyl (C=O) groups excluding carboxylic acids is 2. The molecular formula is C26H32N4O4. The van der Waals surface area contributed by atoms with E-state index in [9.17, 15) is 14.4 Å². The third-order valence-corrected chi connectivity index (χ3v) is 6.97. The standard InChI is InChI=1S/C26H32N4O4/c1-29-21(11-12-23(31)27-15-18-5-3-2-4-6-18)16-28-25(32)24-22(29)13-14-30(24)17-19-7-9-20(10-8-19)26(33)34/h2-10,21-22,24H,11-17H2,1H3,(H,27,31)(H,28,32)(H,33,34). The smallest absolute Gasteiger partial charge is 0.335 e. The summed E-state index contributed by atoms with van der Waals surface area (Å²) in [6.07, 6.45) is 1.96. The summed E-state index contributed by atoms with van der Waals surface area (Å²) in [4.78, 5) is 40.9. The number of benzene rings is 2. The predicted molar refractivity (Wildman–Crippen MR) is 128 cm³/mol. The summed E-state index contributed by atoms with van der Waals surface area (Å²) in [6.45, 7) is 2.42.